The molecule has 0 saturated carbocycles. The number of nitrogens with one attached hydrogen (secondary N) is 1. The lowest BCUT2D eigenvalue weighted by molar-refractivity contribution is 0.0185. The van der Waals surface area contributed by atoms with E-state index < -0.39 is 16.8 Å². The fourth-order valence-electron chi connectivity index (χ4n) is 10.5. The normalized spacial score (nSPS) is 17.6. The molecule has 1 N–H and O–H groups in total. The Bertz CT molecular complexity index is 3050. The van der Waals surface area contributed by atoms with Gasteiger partial charge in [-0.1, -0.05) is 15.9 Å². The second-order valence-electron chi connectivity index (χ2n) is 24.8. The van der Waals surface area contributed by atoms with Gasteiger partial charge in [-0.3, -0.25) is 0 Å². The number of alkyl halides is 1. The third-order valence-corrected chi connectivity index (χ3v) is 14.8. The number of halogens is 4. The molecule has 85 heavy (non-hydrogen) atoms. The summed E-state index contributed by atoms with van der Waals surface area (Å²) in [6.45, 7) is 24.1. The molecule has 0 bridgehead atoms. The monoisotopic (exact) mass is 1250 g/mol. The molecule has 9 rings (SSSR count). The molecule has 6 heterocycles. The average molecular weight is 1260 g/mol. The van der Waals surface area contributed by atoms with Gasteiger partial charge in [0.15, 0.2) is 0 Å². The van der Waals surface area contributed by atoms with Gasteiger partial charge in [0.1, 0.15) is 51.7 Å². The molecule has 3 amide bonds. The maximum atomic E-state index is 13.8. The number of carbonyl (C=O) groups is 3. The van der Waals surface area contributed by atoms with Crippen LogP contribution in [0.5, 0.6) is 0 Å². The summed E-state index contributed by atoms with van der Waals surface area (Å²) in [6, 6.07) is 13.9. The Hall–Kier alpha value is -5.97. The van der Waals surface area contributed by atoms with E-state index in [0.29, 0.717) is 70.1 Å². The fourth-order valence-corrected chi connectivity index (χ4v) is 10.7. The first kappa shape index (κ1) is 68.1. The second-order valence-corrected chi connectivity index (χ2v) is 25.6. The number of ether oxygens (including phenoxy) is 6. The second kappa shape index (κ2) is 31.6. The minimum absolute atomic E-state index is 0.0966. The Labute approximate surface area is 507 Å². The van der Waals surface area contributed by atoms with Crippen molar-refractivity contribution in [2.75, 3.05) is 85.7 Å². The van der Waals surface area contributed by atoms with E-state index in [2.05, 4.69) is 35.0 Å². The van der Waals surface area contributed by atoms with Gasteiger partial charge in [0.2, 0.25) is 0 Å². The van der Waals surface area contributed by atoms with Crippen molar-refractivity contribution in [3.63, 3.8) is 0 Å². The summed E-state index contributed by atoms with van der Waals surface area (Å²) in [5.74, 6) is 2.08. The molecule has 3 aromatic heterocycles. The van der Waals surface area contributed by atoms with E-state index >= 15 is 0 Å². The number of hydrogen-bond acceptors (Lipinski definition) is 12. The van der Waals surface area contributed by atoms with Crippen molar-refractivity contribution >= 4 is 67.3 Å². The quantitative estimate of drug-likeness (QED) is 0.0620. The SMILES string of the molecule is CC(C)(C)OC(=O)N1CCC[C@@H](c2nc3ccc(F)cc3[nH]2)C1.COCCCBr.COCCCn1c([C@@H]2CCCN(C(=O)OC(C)(C)C)C2)nc2cc(F)ccc21.COCCCn1c([C@@H]2CCCN(C(=O)OC(C)(C)C)C2)nc2ccc(F)cc21. The van der Waals surface area contributed by atoms with Gasteiger partial charge in [0.05, 0.1) is 33.1 Å². The number of aryl methyl sites for hydroxylation is 2. The highest BCUT2D eigenvalue weighted by atomic mass is 79.9. The van der Waals surface area contributed by atoms with E-state index in [1.807, 2.05) is 62.3 Å². The van der Waals surface area contributed by atoms with Crippen LogP contribution in [0.25, 0.3) is 33.1 Å². The smallest absolute Gasteiger partial charge is 0.410 e. The number of benzene rings is 3. The number of methoxy groups -OCH3 is 3. The zero-order chi connectivity index (χ0) is 62.1. The number of piperidine rings is 3. The van der Waals surface area contributed by atoms with E-state index in [1.165, 1.54) is 36.4 Å². The first-order chi connectivity index (χ1) is 40.3. The number of rotatable bonds is 14. The van der Waals surface area contributed by atoms with Gasteiger partial charge in [-0.2, -0.15) is 0 Å². The maximum absolute atomic E-state index is 13.8. The summed E-state index contributed by atoms with van der Waals surface area (Å²) in [7, 11) is 5.07. The van der Waals surface area contributed by atoms with Gasteiger partial charge in [0, 0.05) is 123 Å². The van der Waals surface area contributed by atoms with Crippen LogP contribution in [0.2, 0.25) is 0 Å². The van der Waals surface area contributed by atoms with E-state index in [1.54, 1.807) is 54.2 Å². The summed E-state index contributed by atoms with van der Waals surface area (Å²) in [5.41, 5.74) is 3.04. The molecule has 3 aromatic carbocycles. The Balaban J connectivity index is 0.000000195. The zero-order valence-electron chi connectivity index (χ0n) is 52.0. The third kappa shape index (κ3) is 20.9. The van der Waals surface area contributed by atoms with E-state index in [-0.39, 0.29) is 53.5 Å². The molecule has 470 valence electrons. The number of aromatic amines is 1. The molecular weight excluding hydrogens is 1160 g/mol. The first-order valence-corrected chi connectivity index (χ1v) is 30.8. The Kier molecular flexibility index (Phi) is 25.3. The lowest BCUT2D eigenvalue weighted by Gasteiger charge is -2.34. The van der Waals surface area contributed by atoms with Crippen LogP contribution in [0, 0.1) is 17.5 Å². The predicted octanol–water partition coefficient (Wildman–Crippen LogP) is 13.9. The number of amides is 3. The molecule has 18 nitrogen and oxygen atoms in total. The molecular formula is C63H91BrF3N9O9. The maximum Gasteiger partial charge on any atom is 0.410 e. The molecule has 22 heteroatoms. The minimum Gasteiger partial charge on any atom is -0.444 e. The highest BCUT2D eigenvalue weighted by Crippen LogP contribution is 2.34. The Morgan fingerprint density at radius 3 is 1.41 bits per heavy atom. The van der Waals surface area contributed by atoms with Crippen molar-refractivity contribution in [1.82, 2.24) is 43.8 Å². The number of hydrogen-bond donors (Lipinski definition) is 1. The van der Waals surface area contributed by atoms with Crippen LogP contribution in [0.4, 0.5) is 27.6 Å². The van der Waals surface area contributed by atoms with Crippen molar-refractivity contribution in [1.29, 1.82) is 0 Å². The van der Waals surface area contributed by atoms with E-state index in [0.717, 1.165) is 116 Å². The number of carbonyl (C=O) groups excluding carboxylic acids is 3. The summed E-state index contributed by atoms with van der Waals surface area (Å²) in [4.78, 5) is 59.8. The lowest BCUT2D eigenvalue weighted by atomic mass is 9.97. The highest BCUT2D eigenvalue weighted by Gasteiger charge is 2.34. The van der Waals surface area contributed by atoms with Gasteiger partial charge in [-0.15, -0.1) is 0 Å². The Morgan fingerprint density at radius 1 is 0.529 bits per heavy atom. The summed E-state index contributed by atoms with van der Waals surface area (Å²) < 4.78 is 76.7. The molecule has 0 radical (unpaired) electrons. The van der Waals surface area contributed by atoms with Crippen LogP contribution in [0.1, 0.15) is 155 Å². The van der Waals surface area contributed by atoms with Gasteiger partial charge < -0.3 is 57.2 Å². The summed E-state index contributed by atoms with van der Waals surface area (Å²) in [5, 5.41) is 1.04. The highest BCUT2D eigenvalue weighted by molar-refractivity contribution is 9.09. The molecule has 0 spiro atoms. The molecule has 3 atom stereocenters. The average Bonchev–Trinajstić information content (AvgIpc) is 2.35. The van der Waals surface area contributed by atoms with Crippen LogP contribution in [-0.2, 0) is 41.5 Å². The predicted molar refractivity (Wildman–Crippen MR) is 328 cm³/mol. The van der Waals surface area contributed by atoms with Crippen LogP contribution in [-0.4, -0.2) is 165 Å². The first-order valence-electron chi connectivity index (χ1n) is 29.7. The fraction of sp³-hybridized carbons (Fsp3) is 0.619. The van der Waals surface area contributed by atoms with Crippen LogP contribution < -0.4 is 0 Å². The standard InChI is InChI=1S/2C21H30FN3O3.C17H22FN3O2.C4H9BrO/c1-21(2,3)28-20(26)24-10-5-7-15(14-24)19-23-17-13-16(22)8-9-18(17)25(19)11-6-12-27-4;1-21(2,3)28-20(26)24-10-5-7-15(14-24)19-23-17-9-8-16(22)13-18(17)25(19)11-6-12-27-4;1-17(2,3)23-16(22)21-8-4-5-11(10-21)15-19-13-7-6-12(18)9-14(13)20-15;1-6-4-2-3-5/h2*8-9,13,15H,5-7,10-12,14H2,1-4H3;6-7,9,11H,4-5,8,10H2,1-3H3,(H,19,20);2-4H2,1H3/t2*15-;11-;/m111./s1. The van der Waals surface area contributed by atoms with E-state index in [4.69, 9.17) is 38.4 Å². The minimum atomic E-state index is -0.519. The summed E-state index contributed by atoms with van der Waals surface area (Å²) >= 11 is 3.27. The van der Waals surface area contributed by atoms with Gasteiger partial charge in [0.25, 0.3) is 0 Å². The van der Waals surface area contributed by atoms with Crippen LogP contribution in [0.3, 0.4) is 0 Å². The van der Waals surface area contributed by atoms with Crippen molar-refractivity contribution in [3.05, 3.63) is 89.5 Å². The number of nitrogens with zero attached hydrogens (tertiary/aromatic N) is 8. The molecule has 3 aliphatic rings. The van der Waals surface area contributed by atoms with Gasteiger partial charge in [-0.25, -0.2) is 42.5 Å². The zero-order valence-corrected chi connectivity index (χ0v) is 53.6. The van der Waals surface area contributed by atoms with Crippen molar-refractivity contribution < 1.29 is 56.0 Å². The topological polar surface area (TPSA) is 181 Å². The molecule has 3 saturated heterocycles. The third-order valence-electron chi connectivity index (χ3n) is 14.2. The van der Waals surface area contributed by atoms with Crippen molar-refractivity contribution in [2.45, 2.75) is 168 Å². The lowest BCUT2D eigenvalue weighted by Crippen LogP contribution is -2.42. The number of imidazole rings is 3. The van der Waals surface area contributed by atoms with Crippen LogP contribution >= 0.6 is 15.9 Å². The number of H-pyrrole nitrogens is 1. The van der Waals surface area contributed by atoms with Gasteiger partial charge in [-0.05, 0) is 169 Å². The number of fused-ring (bicyclic) bond motifs is 3. The molecule has 0 aliphatic carbocycles. The molecule has 3 fully saturated rings. The summed E-state index contributed by atoms with van der Waals surface area (Å²) in [6.07, 6.45) is 7.40. The Morgan fingerprint density at radius 2 is 0.941 bits per heavy atom. The molecule has 0 unspecified atom stereocenters. The van der Waals surface area contributed by atoms with E-state index in [9.17, 15) is 27.6 Å². The van der Waals surface area contributed by atoms with Crippen LogP contribution in [0.15, 0.2) is 54.6 Å². The molecule has 6 aromatic rings. The molecule has 3 aliphatic heterocycles. The largest absolute Gasteiger partial charge is 0.444 e. The van der Waals surface area contributed by atoms with Crippen molar-refractivity contribution in [2.24, 2.45) is 0 Å². The van der Waals surface area contributed by atoms with Gasteiger partial charge >= 0.3 is 18.3 Å². The van der Waals surface area contributed by atoms with Crippen molar-refractivity contribution in [3.8, 4) is 0 Å². The number of likely N-dealkylation sites (tertiary alicyclic amines) is 3. The number of aromatic nitrogens is 6.